The van der Waals surface area contributed by atoms with E-state index in [4.69, 9.17) is 0 Å². The smallest absolute Gasteiger partial charge is 0.227 e. The number of rotatable bonds is 4. The molecule has 1 saturated heterocycles. The average molecular weight is 322 g/mol. The molecule has 1 amide bonds. The van der Waals surface area contributed by atoms with Crippen LogP contribution in [0.4, 0.5) is 0 Å². The summed E-state index contributed by atoms with van der Waals surface area (Å²) in [5.41, 5.74) is 3.68. The molecule has 3 heteroatoms. The zero-order valence-corrected chi connectivity index (χ0v) is 14.6. The summed E-state index contributed by atoms with van der Waals surface area (Å²) in [7, 11) is 0. The Morgan fingerprint density at radius 2 is 1.58 bits per heavy atom. The first-order valence-electron chi connectivity index (χ1n) is 8.76. The number of piperazine rings is 1. The number of hydrogen-bond donors (Lipinski definition) is 0. The molecule has 2 aromatic rings. The third-order valence-corrected chi connectivity index (χ3v) is 4.97. The number of carbonyl (C=O) groups is 1. The zero-order chi connectivity index (χ0) is 16.9. The van der Waals surface area contributed by atoms with Gasteiger partial charge in [-0.3, -0.25) is 9.69 Å². The molecule has 1 unspecified atom stereocenters. The van der Waals surface area contributed by atoms with Gasteiger partial charge >= 0.3 is 0 Å². The van der Waals surface area contributed by atoms with E-state index in [9.17, 15) is 4.79 Å². The van der Waals surface area contributed by atoms with Crippen LogP contribution in [0.5, 0.6) is 0 Å². The molecule has 1 atom stereocenters. The van der Waals surface area contributed by atoms with Crippen molar-refractivity contribution in [2.75, 3.05) is 26.2 Å². The molecule has 1 aliphatic heterocycles. The maximum absolute atomic E-state index is 12.5. The molecule has 0 spiro atoms. The van der Waals surface area contributed by atoms with Crippen LogP contribution in [0.15, 0.2) is 54.6 Å². The number of aryl methyl sites for hydroxylation is 1. The Morgan fingerprint density at radius 3 is 2.21 bits per heavy atom. The van der Waals surface area contributed by atoms with Crippen LogP contribution in [0, 0.1) is 6.92 Å². The Bertz CT molecular complexity index is 658. The molecule has 126 valence electrons. The van der Waals surface area contributed by atoms with Gasteiger partial charge < -0.3 is 4.90 Å². The Balaban J connectivity index is 1.53. The van der Waals surface area contributed by atoms with Crippen molar-refractivity contribution in [2.45, 2.75) is 26.3 Å². The van der Waals surface area contributed by atoms with E-state index in [1.54, 1.807) is 0 Å². The Labute approximate surface area is 144 Å². The van der Waals surface area contributed by atoms with Crippen LogP contribution >= 0.6 is 0 Å². The molecule has 3 rings (SSSR count). The summed E-state index contributed by atoms with van der Waals surface area (Å²) in [4.78, 5) is 17.0. The van der Waals surface area contributed by atoms with Crippen molar-refractivity contribution in [2.24, 2.45) is 0 Å². The van der Waals surface area contributed by atoms with Gasteiger partial charge in [0.1, 0.15) is 0 Å². The molecule has 0 aromatic heterocycles. The van der Waals surface area contributed by atoms with Gasteiger partial charge in [0.05, 0.1) is 6.42 Å². The summed E-state index contributed by atoms with van der Waals surface area (Å²) in [5, 5.41) is 0. The van der Waals surface area contributed by atoms with E-state index in [-0.39, 0.29) is 5.91 Å². The van der Waals surface area contributed by atoms with E-state index in [2.05, 4.69) is 73.3 Å². The minimum atomic E-state index is 0.242. The van der Waals surface area contributed by atoms with Crippen LogP contribution in [0.2, 0.25) is 0 Å². The Hall–Kier alpha value is -2.13. The Kier molecular flexibility index (Phi) is 5.31. The second-order valence-corrected chi connectivity index (χ2v) is 6.67. The minimum Gasteiger partial charge on any atom is -0.340 e. The monoisotopic (exact) mass is 322 g/mol. The summed E-state index contributed by atoms with van der Waals surface area (Å²) >= 11 is 0. The predicted octanol–water partition coefficient (Wildman–Crippen LogP) is 3.44. The molecular formula is C21H26N2O. The van der Waals surface area contributed by atoms with E-state index in [0.717, 1.165) is 31.7 Å². The van der Waals surface area contributed by atoms with Crippen molar-refractivity contribution in [1.82, 2.24) is 9.80 Å². The second kappa shape index (κ2) is 7.63. The van der Waals surface area contributed by atoms with Gasteiger partial charge in [0, 0.05) is 32.2 Å². The number of benzene rings is 2. The van der Waals surface area contributed by atoms with Crippen molar-refractivity contribution >= 4 is 5.91 Å². The van der Waals surface area contributed by atoms with Crippen LogP contribution in [0.1, 0.15) is 29.7 Å². The van der Waals surface area contributed by atoms with E-state index in [0.29, 0.717) is 12.5 Å². The van der Waals surface area contributed by atoms with Gasteiger partial charge in [0.2, 0.25) is 5.91 Å². The summed E-state index contributed by atoms with van der Waals surface area (Å²) in [6, 6.07) is 19.3. The van der Waals surface area contributed by atoms with E-state index >= 15 is 0 Å². The van der Waals surface area contributed by atoms with Crippen molar-refractivity contribution in [1.29, 1.82) is 0 Å². The molecule has 0 bridgehead atoms. The summed E-state index contributed by atoms with van der Waals surface area (Å²) in [6.45, 7) is 7.84. The first kappa shape index (κ1) is 16.7. The van der Waals surface area contributed by atoms with Gasteiger partial charge in [-0.1, -0.05) is 60.2 Å². The molecular weight excluding hydrogens is 296 g/mol. The van der Waals surface area contributed by atoms with Crippen molar-refractivity contribution in [3.8, 4) is 0 Å². The summed E-state index contributed by atoms with van der Waals surface area (Å²) in [5.74, 6) is 0.242. The van der Waals surface area contributed by atoms with Gasteiger partial charge in [0.25, 0.3) is 0 Å². The van der Waals surface area contributed by atoms with Gasteiger partial charge in [-0.15, -0.1) is 0 Å². The van der Waals surface area contributed by atoms with Crippen LogP contribution < -0.4 is 0 Å². The van der Waals surface area contributed by atoms with Crippen LogP contribution in [-0.4, -0.2) is 41.9 Å². The highest BCUT2D eigenvalue weighted by molar-refractivity contribution is 5.78. The highest BCUT2D eigenvalue weighted by Gasteiger charge is 2.24. The Morgan fingerprint density at radius 1 is 0.958 bits per heavy atom. The standard InChI is InChI=1S/C21H26N2O/c1-17-8-10-19(11-9-17)16-21(24)23-14-12-22(13-15-23)18(2)20-6-4-3-5-7-20/h3-11,18H,12-16H2,1-2H3. The zero-order valence-electron chi connectivity index (χ0n) is 14.6. The minimum absolute atomic E-state index is 0.242. The number of hydrogen-bond acceptors (Lipinski definition) is 2. The largest absolute Gasteiger partial charge is 0.340 e. The lowest BCUT2D eigenvalue weighted by Crippen LogP contribution is -2.49. The highest BCUT2D eigenvalue weighted by Crippen LogP contribution is 2.21. The molecule has 1 heterocycles. The first-order valence-corrected chi connectivity index (χ1v) is 8.76. The van der Waals surface area contributed by atoms with Crippen molar-refractivity contribution < 1.29 is 4.79 Å². The normalized spacial score (nSPS) is 16.8. The number of nitrogens with zero attached hydrogens (tertiary/aromatic N) is 2. The molecule has 2 aromatic carbocycles. The number of amides is 1. The molecule has 0 saturated carbocycles. The highest BCUT2D eigenvalue weighted by atomic mass is 16.2. The average Bonchev–Trinajstić information content (AvgIpc) is 2.64. The third-order valence-electron chi connectivity index (χ3n) is 4.97. The van der Waals surface area contributed by atoms with Crippen LogP contribution in [0.3, 0.4) is 0 Å². The van der Waals surface area contributed by atoms with E-state index in [1.807, 2.05) is 4.90 Å². The van der Waals surface area contributed by atoms with E-state index in [1.165, 1.54) is 11.1 Å². The SMILES string of the molecule is Cc1ccc(CC(=O)N2CCN(C(C)c3ccccc3)CC2)cc1. The molecule has 0 N–H and O–H groups in total. The predicted molar refractivity (Wildman–Crippen MR) is 97.9 cm³/mol. The quantitative estimate of drug-likeness (QED) is 0.861. The van der Waals surface area contributed by atoms with Crippen LogP contribution in [0.25, 0.3) is 0 Å². The fourth-order valence-electron chi connectivity index (χ4n) is 3.29. The van der Waals surface area contributed by atoms with Gasteiger partial charge in [-0.25, -0.2) is 0 Å². The number of carbonyl (C=O) groups excluding carboxylic acids is 1. The molecule has 0 aliphatic carbocycles. The molecule has 3 nitrogen and oxygen atoms in total. The molecule has 24 heavy (non-hydrogen) atoms. The van der Waals surface area contributed by atoms with Crippen LogP contribution in [-0.2, 0) is 11.2 Å². The summed E-state index contributed by atoms with van der Waals surface area (Å²) in [6.07, 6.45) is 0.508. The fourth-order valence-corrected chi connectivity index (χ4v) is 3.29. The first-order chi connectivity index (χ1) is 11.6. The lowest BCUT2D eigenvalue weighted by Gasteiger charge is -2.38. The van der Waals surface area contributed by atoms with Crippen molar-refractivity contribution in [3.63, 3.8) is 0 Å². The van der Waals surface area contributed by atoms with Gasteiger partial charge in [-0.2, -0.15) is 0 Å². The molecule has 1 fully saturated rings. The third kappa shape index (κ3) is 4.04. The van der Waals surface area contributed by atoms with Gasteiger partial charge in [-0.05, 0) is 25.0 Å². The van der Waals surface area contributed by atoms with E-state index < -0.39 is 0 Å². The molecule has 1 aliphatic rings. The summed E-state index contributed by atoms with van der Waals surface area (Å²) < 4.78 is 0. The van der Waals surface area contributed by atoms with Gasteiger partial charge in [0.15, 0.2) is 0 Å². The maximum Gasteiger partial charge on any atom is 0.227 e. The topological polar surface area (TPSA) is 23.6 Å². The molecule has 0 radical (unpaired) electrons. The van der Waals surface area contributed by atoms with Crippen molar-refractivity contribution in [3.05, 3.63) is 71.3 Å². The second-order valence-electron chi connectivity index (χ2n) is 6.67. The maximum atomic E-state index is 12.5. The lowest BCUT2D eigenvalue weighted by molar-refractivity contribution is -0.132. The fraction of sp³-hybridized carbons (Fsp3) is 0.381. The lowest BCUT2D eigenvalue weighted by atomic mass is 10.1.